The number of para-hydroxylation sites is 1. The van der Waals surface area contributed by atoms with Crippen molar-refractivity contribution in [1.82, 2.24) is 19.7 Å². The number of aromatic amines is 1. The molecule has 8 heteroatoms. The van der Waals surface area contributed by atoms with Crippen LogP contribution in [0.4, 0.5) is 0 Å². The summed E-state index contributed by atoms with van der Waals surface area (Å²) in [5.41, 5.74) is 5.39. The topological polar surface area (TPSA) is 88.1 Å². The quantitative estimate of drug-likeness (QED) is 0.388. The maximum Gasteiger partial charge on any atom is 0.186 e. The first-order valence-corrected chi connectivity index (χ1v) is 13.7. The van der Waals surface area contributed by atoms with E-state index in [4.69, 9.17) is 5.10 Å². The first-order valence-electron chi connectivity index (χ1n) is 11.9. The van der Waals surface area contributed by atoms with Gasteiger partial charge >= 0.3 is 0 Å². The maximum atomic E-state index is 14.0. The van der Waals surface area contributed by atoms with Crippen molar-refractivity contribution in [3.05, 3.63) is 88.9 Å². The second-order valence-electron chi connectivity index (χ2n) is 9.49. The number of Topliss-reactive ketones (excluding diaryl/α,β-unsaturated/α-hetero) is 1. The molecule has 182 valence electrons. The summed E-state index contributed by atoms with van der Waals surface area (Å²) in [5.74, 6) is 0.372. The zero-order valence-corrected chi connectivity index (χ0v) is 21.0. The van der Waals surface area contributed by atoms with Gasteiger partial charge in [0.1, 0.15) is 0 Å². The van der Waals surface area contributed by atoms with Crippen LogP contribution in [0.15, 0.2) is 60.8 Å². The van der Waals surface area contributed by atoms with Crippen LogP contribution in [-0.2, 0) is 16.4 Å². The molecule has 7 nitrogen and oxygen atoms in total. The molecule has 0 saturated carbocycles. The molecular weight excluding hydrogens is 460 g/mol. The highest BCUT2D eigenvalue weighted by atomic mass is 32.2. The lowest BCUT2D eigenvalue weighted by atomic mass is 9.95. The van der Waals surface area contributed by atoms with Gasteiger partial charge < -0.3 is 4.98 Å². The van der Waals surface area contributed by atoms with Crippen molar-refractivity contribution in [3.63, 3.8) is 0 Å². The number of aryl methyl sites for hydroxylation is 1. The fourth-order valence-electron chi connectivity index (χ4n) is 5.25. The van der Waals surface area contributed by atoms with E-state index in [1.54, 1.807) is 6.20 Å². The largest absolute Gasteiger partial charge is 0.360 e. The van der Waals surface area contributed by atoms with Crippen molar-refractivity contribution in [2.24, 2.45) is 0 Å². The molecule has 1 aliphatic rings. The van der Waals surface area contributed by atoms with Crippen LogP contribution >= 0.6 is 0 Å². The molecule has 1 saturated heterocycles. The Morgan fingerprint density at radius 2 is 1.86 bits per heavy atom. The Balaban J connectivity index is 1.49. The molecule has 1 aliphatic heterocycles. The molecule has 0 spiro atoms. The average molecular weight is 491 g/mol. The van der Waals surface area contributed by atoms with Crippen molar-refractivity contribution in [1.29, 1.82) is 0 Å². The number of sulfone groups is 1. The van der Waals surface area contributed by atoms with Gasteiger partial charge in [-0.3, -0.25) is 14.4 Å². The van der Waals surface area contributed by atoms with Crippen molar-refractivity contribution < 1.29 is 13.2 Å². The molecule has 4 aromatic rings. The molecule has 2 atom stereocenters. The van der Waals surface area contributed by atoms with Gasteiger partial charge in [-0.15, -0.1) is 0 Å². The number of hydrogen-bond acceptors (Lipinski definition) is 5. The number of hydrogen-bond donors (Lipinski definition) is 1. The summed E-state index contributed by atoms with van der Waals surface area (Å²) in [6.45, 7) is 4.47. The fourth-order valence-corrected chi connectivity index (χ4v) is 6.95. The fraction of sp³-hybridized carbons (Fsp3) is 0.333. The third-order valence-electron chi connectivity index (χ3n) is 7.10. The predicted octanol–water partition coefficient (Wildman–Crippen LogP) is 4.40. The maximum absolute atomic E-state index is 14.0. The Morgan fingerprint density at radius 1 is 1.14 bits per heavy atom. The summed E-state index contributed by atoms with van der Waals surface area (Å²) in [5, 5.41) is 5.63. The summed E-state index contributed by atoms with van der Waals surface area (Å²) in [4.78, 5) is 19.2. The standard InChI is InChI=1S/C27H30N4O3S/c1-18-24(19(2)31(29-18)21-13-14-35(33,34)17-21)16-30(3)26(20-9-5-4-6-10-20)27(32)23-15-28-25-12-8-7-11-22(23)25/h4-12,15,21,26,28H,13-14,16-17H2,1-3H3/t21-,26+/m0/s1. The molecule has 0 unspecified atom stereocenters. The minimum atomic E-state index is -3.01. The molecule has 2 aromatic carbocycles. The van der Waals surface area contributed by atoms with Gasteiger partial charge in [0, 0.05) is 40.5 Å². The third kappa shape index (κ3) is 4.44. The third-order valence-corrected chi connectivity index (χ3v) is 8.85. The van der Waals surface area contributed by atoms with Crippen molar-refractivity contribution in [2.45, 2.75) is 38.9 Å². The zero-order chi connectivity index (χ0) is 24.7. The zero-order valence-electron chi connectivity index (χ0n) is 20.2. The number of benzene rings is 2. The minimum absolute atomic E-state index is 0.0285. The number of carbonyl (C=O) groups is 1. The van der Waals surface area contributed by atoms with Crippen LogP contribution in [0.1, 0.15) is 51.4 Å². The van der Waals surface area contributed by atoms with Gasteiger partial charge in [-0.1, -0.05) is 48.5 Å². The van der Waals surface area contributed by atoms with E-state index in [2.05, 4.69) is 9.88 Å². The van der Waals surface area contributed by atoms with Crippen LogP contribution in [0.2, 0.25) is 0 Å². The number of aromatic nitrogens is 3. The number of ketones is 1. The predicted molar refractivity (Wildman–Crippen MR) is 137 cm³/mol. The summed E-state index contributed by atoms with van der Waals surface area (Å²) in [6, 6.07) is 17.0. The smallest absolute Gasteiger partial charge is 0.186 e. The van der Waals surface area contributed by atoms with Crippen molar-refractivity contribution >= 4 is 26.5 Å². The van der Waals surface area contributed by atoms with Crippen LogP contribution in [0, 0.1) is 13.8 Å². The summed E-state index contributed by atoms with van der Waals surface area (Å²) in [7, 11) is -1.05. The molecule has 1 fully saturated rings. The highest BCUT2D eigenvalue weighted by molar-refractivity contribution is 7.91. The van der Waals surface area contributed by atoms with Gasteiger partial charge in [0.15, 0.2) is 15.6 Å². The van der Waals surface area contributed by atoms with Gasteiger partial charge in [-0.2, -0.15) is 5.10 Å². The molecule has 5 rings (SSSR count). The first-order chi connectivity index (χ1) is 16.7. The summed E-state index contributed by atoms with van der Waals surface area (Å²) in [6.07, 6.45) is 2.39. The molecule has 1 N–H and O–H groups in total. The second kappa shape index (κ2) is 9.09. The Labute approximate surface area is 205 Å². The number of likely N-dealkylation sites (N-methyl/N-ethyl adjacent to an activating group) is 1. The lowest BCUT2D eigenvalue weighted by molar-refractivity contribution is 0.0844. The molecule has 0 amide bonds. The Bertz CT molecular complexity index is 1490. The van der Waals surface area contributed by atoms with E-state index in [9.17, 15) is 13.2 Å². The number of rotatable bonds is 7. The number of carbonyl (C=O) groups excluding carboxylic acids is 1. The monoisotopic (exact) mass is 490 g/mol. The van der Waals surface area contributed by atoms with Gasteiger partial charge in [0.2, 0.25) is 0 Å². The van der Waals surface area contributed by atoms with E-state index >= 15 is 0 Å². The van der Waals surface area contributed by atoms with E-state index in [1.807, 2.05) is 80.2 Å². The molecular formula is C27H30N4O3S. The number of fused-ring (bicyclic) bond motifs is 1. The number of nitrogens with one attached hydrogen (secondary N) is 1. The minimum Gasteiger partial charge on any atom is -0.360 e. The van der Waals surface area contributed by atoms with Crippen LogP contribution in [-0.4, -0.2) is 52.4 Å². The van der Waals surface area contributed by atoms with Crippen LogP contribution in [0.3, 0.4) is 0 Å². The molecule has 2 aromatic heterocycles. The summed E-state index contributed by atoms with van der Waals surface area (Å²) < 4.78 is 25.9. The molecule has 35 heavy (non-hydrogen) atoms. The van der Waals surface area contributed by atoms with Gasteiger partial charge in [0.25, 0.3) is 0 Å². The molecule has 0 bridgehead atoms. The van der Waals surface area contributed by atoms with Gasteiger partial charge in [-0.05, 0) is 38.9 Å². The van der Waals surface area contributed by atoms with E-state index in [0.717, 1.165) is 33.4 Å². The number of H-pyrrole nitrogens is 1. The highest BCUT2D eigenvalue weighted by Gasteiger charge is 2.33. The normalized spacial score (nSPS) is 18.3. The van der Waals surface area contributed by atoms with E-state index in [0.29, 0.717) is 18.5 Å². The molecule has 3 heterocycles. The van der Waals surface area contributed by atoms with Gasteiger partial charge in [0.05, 0.1) is 29.3 Å². The Kier molecular flexibility index (Phi) is 6.11. The van der Waals surface area contributed by atoms with E-state index in [1.165, 1.54) is 0 Å². The van der Waals surface area contributed by atoms with Gasteiger partial charge in [-0.25, -0.2) is 8.42 Å². The molecule has 0 radical (unpaired) electrons. The second-order valence-corrected chi connectivity index (χ2v) is 11.7. The SMILES string of the molecule is Cc1nn([C@H]2CCS(=O)(=O)C2)c(C)c1CN(C)[C@@H](C(=O)c1c[nH]c2ccccc12)c1ccccc1. The Hall–Kier alpha value is -3.23. The number of nitrogens with zero attached hydrogens (tertiary/aromatic N) is 3. The molecule has 0 aliphatic carbocycles. The Morgan fingerprint density at radius 3 is 2.57 bits per heavy atom. The highest BCUT2D eigenvalue weighted by Crippen LogP contribution is 2.31. The summed E-state index contributed by atoms with van der Waals surface area (Å²) >= 11 is 0. The van der Waals surface area contributed by atoms with Crippen LogP contribution < -0.4 is 0 Å². The van der Waals surface area contributed by atoms with Crippen LogP contribution in [0.5, 0.6) is 0 Å². The average Bonchev–Trinajstić information content (AvgIpc) is 3.51. The van der Waals surface area contributed by atoms with E-state index < -0.39 is 15.9 Å². The van der Waals surface area contributed by atoms with Crippen molar-refractivity contribution in [2.75, 3.05) is 18.6 Å². The lowest BCUT2D eigenvalue weighted by Gasteiger charge is -2.27. The van der Waals surface area contributed by atoms with E-state index in [-0.39, 0.29) is 23.3 Å². The first kappa shape index (κ1) is 23.5. The van der Waals surface area contributed by atoms with Crippen LogP contribution in [0.25, 0.3) is 10.9 Å². The van der Waals surface area contributed by atoms with Crippen molar-refractivity contribution in [3.8, 4) is 0 Å². The lowest BCUT2D eigenvalue weighted by Crippen LogP contribution is -2.31.